The summed E-state index contributed by atoms with van der Waals surface area (Å²) < 4.78 is 3.44. The number of rotatable bonds is 9. The number of benzene rings is 1. The number of aliphatic imine (C=N–C) groups is 1. The molecule has 7 heterocycles. The van der Waals surface area contributed by atoms with Crippen LogP contribution in [-0.2, 0) is 0 Å². The maximum Gasteiger partial charge on any atom is 0.260 e. The number of carbonyl (C=O) groups is 1. The van der Waals surface area contributed by atoms with Crippen LogP contribution in [0.2, 0.25) is 0 Å². The first-order valence-electron chi connectivity index (χ1n) is 21.3. The van der Waals surface area contributed by atoms with Gasteiger partial charge in [0.05, 0.1) is 29.9 Å². The van der Waals surface area contributed by atoms with E-state index in [2.05, 4.69) is 48.2 Å². The SMILES string of the molecule is Cc1cn2nc(-c3cc(=O)n4cc(N5CC(CCCN6CCN(c7ccc(C(=O)N8C(=NCN)C89CCCCC9)cc7)CC6)NC6(CC6)C5)ccc4n3)cc(C)c2n1. The Kier molecular flexibility index (Phi) is 9.33. The third-order valence-corrected chi connectivity index (χ3v) is 13.3. The van der Waals surface area contributed by atoms with Crippen LogP contribution in [0, 0.1) is 13.8 Å². The van der Waals surface area contributed by atoms with Gasteiger partial charge in [0.25, 0.3) is 11.5 Å². The van der Waals surface area contributed by atoms with E-state index in [1.165, 1.54) is 24.9 Å². The Morgan fingerprint density at radius 3 is 2.43 bits per heavy atom. The Bertz CT molecular complexity index is 2450. The zero-order valence-electron chi connectivity index (χ0n) is 33.7. The van der Waals surface area contributed by atoms with Crippen LogP contribution in [0.4, 0.5) is 11.4 Å². The number of nitrogens with one attached hydrogen (secondary N) is 1. The van der Waals surface area contributed by atoms with Gasteiger partial charge in [-0.3, -0.25) is 28.8 Å². The first kappa shape index (κ1) is 37.1. The van der Waals surface area contributed by atoms with E-state index in [-0.39, 0.29) is 29.2 Å². The number of pyridine rings is 1. The smallest absolute Gasteiger partial charge is 0.260 e. The number of aryl methyl sites for hydroxylation is 2. The molecule has 2 saturated carbocycles. The van der Waals surface area contributed by atoms with Crippen LogP contribution in [0.25, 0.3) is 22.7 Å². The summed E-state index contributed by atoms with van der Waals surface area (Å²) in [5, 5.41) is 8.71. The monoisotopic (exact) mass is 782 g/mol. The van der Waals surface area contributed by atoms with Gasteiger partial charge in [0.2, 0.25) is 0 Å². The predicted molar refractivity (Wildman–Crippen MR) is 227 cm³/mol. The van der Waals surface area contributed by atoms with E-state index in [0.29, 0.717) is 23.1 Å². The molecule has 1 unspecified atom stereocenters. The molecule has 3 saturated heterocycles. The van der Waals surface area contributed by atoms with Crippen molar-refractivity contribution < 1.29 is 4.79 Å². The van der Waals surface area contributed by atoms with Gasteiger partial charge in [0.1, 0.15) is 22.7 Å². The molecule has 58 heavy (non-hydrogen) atoms. The molecule has 1 atom stereocenters. The average Bonchev–Trinajstić information content (AvgIpc) is 4.07. The number of nitrogens with two attached hydrogens (primary N) is 1. The highest BCUT2D eigenvalue weighted by molar-refractivity contribution is 6.22. The van der Waals surface area contributed by atoms with Gasteiger partial charge in [-0.2, -0.15) is 5.10 Å². The van der Waals surface area contributed by atoms with Gasteiger partial charge < -0.3 is 20.9 Å². The van der Waals surface area contributed by atoms with Gasteiger partial charge in [-0.05, 0) is 107 Å². The topological polar surface area (TPSA) is 145 Å². The Morgan fingerprint density at radius 1 is 0.897 bits per heavy atom. The Balaban J connectivity index is 0.734. The summed E-state index contributed by atoms with van der Waals surface area (Å²) >= 11 is 0. The molecule has 14 nitrogen and oxygen atoms in total. The fraction of sp³-hybridized carbons (Fsp3) is 0.500. The summed E-state index contributed by atoms with van der Waals surface area (Å²) in [6, 6.07) is 16.2. The molecule has 4 aromatic heterocycles. The van der Waals surface area contributed by atoms with Crippen molar-refractivity contribution in [3.63, 3.8) is 0 Å². The maximum atomic E-state index is 13.5. The van der Waals surface area contributed by atoms with E-state index >= 15 is 0 Å². The molecule has 0 bridgehead atoms. The number of amidine groups is 1. The zero-order valence-corrected chi connectivity index (χ0v) is 33.7. The van der Waals surface area contributed by atoms with Crippen molar-refractivity contribution in [1.82, 2.24) is 39.1 Å². The number of fused-ring (bicyclic) bond motifs is 2. The van der Waals surface area contributed by atoms with Crippen LogP contribution in [0.15, 0.2) is 70.7 Å². The lowest BCUT2D eigenvalue weighted by Gasteiger charge is -2.41. The van der Waals surface area contributed by atoms with E-state index in [1.54, 1.807) is 15.0 Å². The predicted octanol–water partition coefficient (Wildman–Crippen LogP) is 4.41. The molecule has 14 heteroatoms. The van der Waals surface area contributed by atoms with Crippen LogP contribution >= 0.6 is 0 Å². The fourth-order valence-corrected chi connectivity index (χ4v) is 10.0. The third-order valence-electron chi connectivity index (χ3n) is 13.3. The van der Waals surface area contributed by atoms with Crippen molar-refractivity contribution in [2.75, 3.05) is 62.3 Å². The Labute approximate surface area is 338 Å². The summed E-state index contributed by atoms with van der Waals surface area (Å²) in [7, 11) is 0. The van der Waals surface area contributed by atoms with E-state index in [0.717, 1.165) is 118 Å². The normalized spacial score (nSPS) is 22.2. The van der Waals surface area contributed by atoms with E-state index in [9.17, 15) is 9.59 Å². The van der Waals surface area contributed by atoms with Gasteiger partial charge >= 0.3 is 0 Å². The zero-order chi connectivity index (χ0) is 39.6. The molecular formula is C44H54N12O2. The molecule has 3 N–H and O–H groups in total. The number of carbonyl (C=O) groups excluding carboxylic acids is 1. The molecule has 2 spiro atoms. The molecule has 5 aromatic rings. The highest BCUT2D eigenvalue weighted by Crippen LogP contribution is 2.48. The van der Waals surface area contributed by atoms with Crippen LogP contribution < -0.4 is 26.4 Å². The number of amides is 1. The van der Waals surface area contributed by atoms with Crippen molar-refractivity contribution in [3.05, 3.63) is 88.1 Å². The van der Waals surface area contributed by atoms with Crippen molar-refractivity contribution >= 4 is 34.4 Å². The van der Waals surface area contributed by atoms with Gasteiger partial charge in [-0.15, -0.1) is 0 Å². The van der Waals surface area contributed by atoms with Crippen molar-refractivity contribution in [1.29, 1.82) is 0 Å². The highest BCUT2D eigenvalue weighted by Gasteiger charge is 2.62. The lowest BCUT2D eigenvalue weighted by molar-refractivity contribution is 0.0850. The second-order valence-electron chi connectivity index (χ2n) is 17.4. The molecule has 1 aromatic carbocycles. The lowest BCUT2D eigenvalue weighted by Crippen LogP contribution is -2.58. The van der Waals surface area contributed by atoms with E-state index in [1.807, 2.05) is 55.4 Å². The molecular weight excluding hydrogens is 729 g/mol. The van der Waals surface area contributed by atoms with Crippen LogP contribution in [-0.4, -0.2) is 115 Å². The minimum Gasteiger partial charge on any atom is -0.369 e. The largest absolute Gasteiger partial charge is 0.369 e. The summed E-state index contributed by atoms with van der Waals surface area (Å²) in [5.74, 6) is 0.944. The number of imidazole rings is 1. The number of hydrogen-bond donors (Lipinski definition) is 2. The molecule has 302 valence electrons. The molecule has 10 rings (SSSR count). The Morgan fingerprint density at radius 2 is 1.67 bits per heavy atom. The summed E-state index contributed by atoms with van der Waals surface area (Å²) in [6.07, 6.45) is 14.0. The van der Waals surface area contributed by atoms with Crippen LogP contribution in [0.3, 0.4) is 0 Å². The maximum absolute atomic E-state index is 13.5. The number of anilines is 2. The minimum absolute atomic E-state index is 0.0525. The molecule has 1 amide bonds. The van der Waals surface area contributed by atoms with Crippen molar-refractivity contribution in [2.45, 2.75) is 88.8 Å². The van der Waals surface area contributed by atoms with Gasteiger partial charge in [-0.25, -0.2) is 14.5 Å². The quantitative estimate of drug-likeness (QED) is 0.207. The molecule has 3 aliphatic heterocycles. The lowest BCUT2D eigenvalue weighted by atomic mass is 9.88. The Hall–Kier alpha value is -5.18. The molecule has 5 fully saturated rings. The standard InChI is InChI=1S/C44H54N12O2/c1-30-23-37(50-55-25-31(2)47-40(30)55)36-24-39(57)54-27-35(12-13-38(54)48-36)53-26-33(49-43(28-53)16-17-43)7-6-18-51-19-21-52(22-20-51)34-10-8-32(9-11-34)41(58)56-42(46-29-45)44(56)14-4-3-5-15-44/h8-13,23-25,27,33,49H,3-7,14-22,26,28-29,45H2,1-2H3. The van der Waals surface area contributed by atoms with Gasteiger partial charge in [0, 0.05) is 74.4 Å². The minimum atomic E-state index is -0.186. The number of nitrogens with zero attached hydrogens (tertiary/aromatic N) is 10. The molecule has 0 radical (unpaired) electrons. The number of piperazine rings is 2. The summed E-state index contributed by atoms with van der Waals surface area (Å²) in [5.41, 5.74) is 13.1. The summed E-state index contributed by atoms with van der Waals surface area (Å²) in [4.78, 5) is 50.4. The molecule has 5 aliphatic rings. The number of aromatic nitrogens is 5. The van der Waals surface area contributed by atoms with Crippen LogP contribution in [0.5, 0.6) is 0 Å². The second kappa shape index (κ2) is 14.6. The second-order valence-corrected chi connectivity index (χ2v) is 17.4. The fourth-order valence-electron chi connectivity index (χ4n) is 10.0. The summed E-state index contributed by atoms with van der Waals surface area (Å²) in [6.45, 7) is 11.1. The van der Waals surface area contributed by atoms with E-state index in [4.69, 9.17) is 15.8 Å². The van der Waals surface area contributed by atoms with Crippen LogP contribution in [0.1, 0.15) is 79.4 Å². The highest BCUT2D eigenvalue weighted by atomic mass is 16.2. The van der Waals surface area contributed by atoms with Gasteiger partial charge in [-0.1, -0.05) is 19.3 Å². The van der Waals surface area contributed by atoms with E-state index < -0.39 is 0 Å². The third kappa shape index (κ3) is 6.84. The van der Waals surface area contributed by atoms with Gasteiger partial charge in [0.15, 0.2) is 5.65 Å². The first-order chi connectivity index (χ1) is 28.2. The average molecular weight is 783 g/mol. The molecule has 2 aliphatic carbocycles. The van der Waals surface area contributed by atoms with Crippen molar-refractivity contribution in [2.24, 2.45) is 10.7 Å². The first-order valence-corrected chi connectivity index (χ1v) is 21.3. The van der Waals surface area contributed by atoms with Crippen molar-refractivity contribution in [3.8, 4) is 11.4 Å². The number of hydrogen-bond acceptors (Lipinski definition) is 11.